The molecule has 1 aliphatic heterocycles. The summed E-state index contributed by atoms with van der Waals surface area (Å²) in [6, 6.07) is 20.4. The number of nitrogens with zero attached hydrogens (tertiary/aromatic N) is 2. The van der Waals surface area contributed by atoms with E-state index in [9.17, 15) is 9.59 Å². The van der Waals surface area contributed by atoms with Crippen LogP contribution in [0.25, 0.3) is 11.0 Å². The van der Waals surface area contributed by atoms with E-state index in [-0.39, 0.29) is 17.6 Å². The first-order chi connectivity index (χ1) is 15.2. The van der Waals surface area contributed by atoms with Gasteiger partial charge in [0.1, 0.15) is 5.58 Å². The van der Waals surface area contributed by atoms with E-state index in [1.54, 1.807) is 23.1 Å². The Labute approximate surface area is 178 Å². The second-order valence-electron chi connectivity index (χ2n) is 7.41. The largest absolute Gasteiger partial charge is 0.459 e. The molecule has 1 fully saturated rings. The van der Waals surface area contributed by atoms with Crippen molar-refractivity contribution in [1.29, 1.82) is 0 Å². The summed E-state index contributed by atoms with van der Waals surface area (Å²) in [6.45, 7) is 2.72. The van der Waals surface area contributed by atoms with Gasteiger partial charge in [-0.05, 0) is 48.5 Å². The van der Waals surface area contributed by atoms with Gasteiger partial charge in [-0.3, -0.25) is 9.59 Å². The van der Waals surface area contributed by atoms with Gasteiger partial charge in [-0.1, -0.05) is 18.2 Å². The highest BCUT2D eigenvalue weighted by Gasteiger charge is 2.23. The van der Waals surface area contributed by atoms with Crippen molar-refractivity contribution in [2.24, 2.45) is 0 Å². The Morgan fingerprint density at radius 1 is 0.839 bits per heavy atom. The third kappa shape index (κ3) is 3.90. The monoisotopic (exact) mass is 415 g/mol. The fourth-order valence-electron chi connectivity index (χ4n) is 3.77. The van der Waals surface area contributed by atoms with Gasteiger partial charge >= 0.3 is 0 Å². The molecule has 2 aromatic heterocycles. The number of furan rings is 2. The van der Waals surface area contributed by atoms with E-state index in [1.807, 2.05) is 48.5 Å². The number of nitrogens with one attached hydrogen (secondary N) is 1. The summed E-state index contributed by atoms with van der Waals surface area (Å²) in [5, 5.41) is 3.77. The van der Waals surface area contributed by atoms with Crippen molar-refractivity contribution in [2.75, 3.05) is 36.4 Å². The minimum absolute atomic E-state index is 0.0757. The topological polar surface area (TPSA) is 78.9 Å². The van der Waals surface area contributed by atoms with E-state index in [4.69, 9.17) is 8.83 Å². The maximum absolute atomic E-state index is 12.5. The SMILES string of the molecule is O=C(Nc1ccc(N2CCN(C(=O)c3ccco3)CC2)cc1)c1cc2ccccc2o1. The highest BCUT2D eigenvalue weighted by atomic mass is 16.3. The average molecular weight is 415 g/mol. The Bertz CT molecular complexity index is 1170. The number of anilines is 2. The number of carbonyl (C=O) groups excluding carboxylic acids is 2. The van der Waals surface area contributed by atoms with Crippen molar-refractivity contribution in [3.05, 3.63) is 84.5 Å². The molecule has 156 valence electrons. The quantitative estimate of drug-likeness (QED) is 0.539. The van der Waals surface area contributed by atoms with E-state index in [1.165, 1.54) is 6.26 Å². The molecule has 31 heavy (non-hydrogen) atoms. The second-order valence-corrected chi connectivity index (χ2v) is 7.41. The molecular weight excluding hydrogens is 394 g/mol. The predicted octanol–water partition coefficient (Wildman–Crippen LogP) is 4.24. The molecule has 4 aromatic rings. The molecule has 7 nitrogen and oxygen atoms in total. The lowest BCUT2D eigenvalue weighted by Crippen LogP contribution is -2.48. The van der Waals surface area contributed by atoms with Crippen LogP contribution >= 0.6 is 0 Å². The molecule has 5 rings (SSSR count). The molecular formula is C24H21N3O4. The van der Waals surface area contributed by atoms with Crippen LogP contribution < -0.4 is 10.2 Å². The molecule has 0 spiro atoms. The maximum atomic E-state index is 12.5. The lowest BCUT2D eigenvalue weighted by molar-refractivity contribution is 0.0714. The van der Waals surface area contributed by atoms with Gasteiger partial charge in [0, 0.05) is 42.9 Å². The normalized spacial score (nSPS) is 14.1. The molecule has 1 saturated heterocycles. The van der Waals surface area contributed by atoms with Crippen molar-refractivity contribution in [2.45, 2.75) is 0 Å². The summed E-state index contributed by atoms with van der Waals surface area (Å²) in [6.07, 6.45) is 1.51. The van der Waals surface area contributed by atoms with Crippen LogP contribution in [-0.2, 0) is 0 Å². The molecule has 0 radical (unpaired) electrons. The first-order valence-corrected chi connectivity index (χ1v) is 10.1. The Hall–Kier alpha value is -4.00. The summed E-state index contributed by atoms with van der Waals surface area (Å²) >= 11 is 0. The Morgan fingerprint density at radius 3 is 2.32 bits per heavy atom. The molecule has 2 amide bonds. The molecule has 3 heterocycles. The van der Waals surface area contributed by atoms with E-state index >= 15 is 0 Å². The number of para-hydroxylation sites is 1. The lowest BCUT2D eigenvalue weighted by Gasteiger charge is -2.35. The van der Waals surface area contributed by atoms with Crippen LogP contribution in [0, 0.1) is 0 Å². The minimum Gasteiger partial charge on any atom is -0.459 e. The molecule has 0 saturated carbocycles. The van der Waals surface area contributed by atoms with E-state index in [0.717, 1.165) is 24.2 Å². The Kier molecular flexibility index (Phi) is 4.92. The van der Waals surface area contributed by atoms with Gasteiger partial charge in [0.25, 0.3) is 11.8 Å². The number of benzene rings is 2. The molecule has 0 atom stereocenters. The summed E-state index contributed by atoms with van der Waals surface area (Å²) in [4.78, 5) is 28.9. The van der Waals surface area contributed by atoms with Crippen molar-refractivity contribution in [3.63, 3.8) is 0 Å². The standard InChI is InChI=1S/C24H21N3O4/c28-23(22-16-17-4-1-2-5-20(17)31-22)25-18-7-9-19(10-8-18)26-11-13-27(14-12-26)24(29)21-6-3-15-30-21/h1-10,15-16H,11-14H2,(H,25,28). The van der Waals surface area contributed by atoms with E-state index in [2.05, 4.69) is 10.2 Å². The van der Waals surface area contributed by atoms with Gasteiger partial charge in [0.15, 0.2) is 11.5 Å². The first-order valence-electron chi connectivity index (χ1n) is 10.1. The van der Waals surface area contributed by atoms with E-state index in [0.29, 0.717) is 30.1 Å². The summed E-state index contributed by atoms with van der Waals surface area (Å²) in [5.74, 6) is 0.294. The molecule has 1 aliphatic rings. The average Bonchev–Trinajstić information content (AvgIpc) is 3.49. The van der Waals surface area contributed by atoms with Gasteiger partial charge < -0.3 is 24.0 Å². The second kappa shape index (κ2) is 8.02. The highest BCUT2D eigenvalue weighted by molar-refractivity contribution is 6.04. The molecule has 2 aromatic carbocycles. The van der Waals surface area contributed by atoms with Crippen molar-refractivity contribution in [1.82, 2.24) is 4.90 Å². The summed E-state index contributed by atoms with van der Waals surface area (Å²) in [5.41, 5.74) is 2.43. The van der Waals surface area contributed by atoms with Crippen molar-refractivity contribution >= 4 is 34.2 Å². The highest BCUT2D eigenvalue weighted by Crippen LogP contribution is 2.23. The lowest BCUT2D eigenvalue weighted by atomic mass is 10.2. The van der Waals surface area contributed by atoms with Gasteiger partial charge in [0.05, 0.1) is 6.26 Å². The Morgan fingerprint density at radius 2 is 1.61 bits per heavy atom. The molecule has 0 aliphatic carbocycles. The number of hydrogen-bond donors (Lipinski definition) is 1. The van der Waals surface area contributed by atoms with Crippen molar-refractivity contribution in [3.8, 4) is 0 Å². The fraction of sp³-hybridized carbons (Fsp3) is 0.167. The first kappa shape index (κ1) is 19.0. The van der Waals surface area contributed by atoms with Crippen LogP contribution in [0.2, 0.25) is 0 Å². The predicted molar refractivity (Wildman–Crippen MR) is 117 cm³/mol. The number of fused-ring (bicyclic) bond motifs is 1. The van der Waals surface area contributed by atoms with Gasteiger partial charge in [-0.2, -0.15) is 0 Å². The van der Waals surface area contributed by atoms with Crippen LogP contribution in [0.3, 0.4) is 0 Å². The third-order valence-electron chi connectivity index (χ3n) is 5.44. The zero-order valence-corrected chi connectivity index (χ0v) is 16.8. The molecule has 1 N–H and O–H groups in total. The van der Waals surface area contributed by atoms with Gasteiger partial charge in [-0.15, -0.1) is 0 Å². The smallest absolute Gasteiger partial charge is 0.291 e. The number of piperazine rings is 1. The number of amides is 2. The minimum atomic E-state index is -0.283. The molecule has 0 unspecified atom stereocenters. The zero-order chi connectivity index (χ0) is 21.2. The maximum Gasteiger partial charge on any atom is 0.291 e. The van der Waals surface area contributed by atoms with Crippen LogP contribution in [0.5, 0.6) is 0 Å². The van der Waals surface area contributed by atoms with Crippen molar-refractivity contribution < 1.29 is 18.4 Å². The number of carbonyl (C=O) groups is 2. The van der Waals surface area contributed by atoms with Gasteiger partial charge in [-0.25, -0.2) is 0 Å². The molecule has 0 bridgehead atoms. The Balaban J connectivity index is 1.19. The van der Waals surface area contributed by atoms with Crippen LogP contribution in [0.4, 0.5) is 11.4 Å². The summed E-state index contributed by atoms with van der Waals surface area (Å²) < 4.78 is 10.8. The number of hydrogen-bond acceptors (Lipinski definition) is 5. The van der Waals surface area contributed by atoms with Crippen LogP contribution in [-0.4, -0.2) is 42.9 Å². The number of rotatable bonds is 4. The van der Waals surface area contributed by atoms with Crippen LogP contribution in [0.1, 0.15) is 21.1 Å². The van der Waals surface area contributed by atoms with E-state index < -0.39 is 0 Å². The zero-order valence-electron chi connectivity index (χ0n) is 16.8. The van der Waals surface area contributed by atoms with Crippen LogP contribution in [0.15, 0.2) is 81.8 Å². The third-order valence-corrected chi connectivity index (χ3v) is 5.44. The molecule has 7 heteroatoms. The summed E-state index contributed by atoms with van der Waals surface area (Å²) in [7, 11) is 0. The fourth-order valence-corrected chi connectivity index (χ4v) is 3.77. The van der Waals surface area contributed by atoms with Gasteiger partial charge in [0.2, 0.25) is 0 Å².